The number of anilines is 1. The number of hydrogen-bond donors (Lipinski definition) is 1. The van der Waals surface area contributed by atoms with Gasteiger partial charge in [-0.1, -0.05) is 0 Å². The van der Waals surface area contributed by atoms with Crippen LogP contribution in [0.1, 0.15) is 13.8 Å². The minimum absolute atomic E-state index is 0.662. The van der Waals surface area contributed by atoms with Crippen LogP contribution in [0.5, 0.6) is 17.2 Å². The number of rotatable bonds is 6. The molecule has 0 aliphatic carbocycles. The summed E-state index contributed by atoms with van der Waals surface area (Å²) in [5, 5.41) is 3.20. The van der Waals surface area contributed by atoms with Gasteiger partial charge in [-0.3, -0.25) is 4.98 Å². The zero-order valence-electron chi connectivity index (χ0n) is 11.2. The lowest BCUT2D eigenvalue weighted by Gasteiger charge is -2.08. The van der Waals surface area contributed by atoms with E-state index in [9.17, 15) is 0 Å². The molecule has 2 rings (SSSR count). The quantitative estimate of drug-likeness (QED) is 0.857. The van der Waals surface area contributed by atoms with Crippen LogP contribution in [0.4, 0.5) is 5.69 Å². The summed E-state index contributed by atoms with van der Waals surface area (Å²) in [4.78, 5) is 4.13. The predicted molar refractivity (Wildman–Crippen MR) is 76.1 cm³/mol. The van der Waals surface area contributed by atoms with Gasteiger partial charge in [-0.2, -0.15) is 0 Å². The van der Waals surface area contributed by atoms with E-state index in [1.807, 2.05) is 44.2 Å². The fourth-order valence-electron chi connectivity index (χ4n) is 1.68. The molecule has 0 bridgehead atoms. The van der Waals surface area contributed by atoms with E-state index in [0.29, 0.717) is 12.4 Å². The number of nitrogens with one attached hydrogen (secondary N) is 1. The molecule has 0 atom stereocenters. The van der Waals surface area contributed by atoms with Gasteiger partial charge in [0.05, 0.1) is 24.7 Å². The molecule has 1 aromatic heterocycles. The first-order chi connectivity index (χ1) is 9.31. The number of ether oxygens (including phenoxy) is 2. The highest BCUT2D eigenvalue weighted by Crippen LogP contribution is 2.24. The Hall–Kier alpha value is -2.23. The second kappa shape index (κ2) is 6.64. The third-order valence-corrected chi connectivity index (χ3v) is 2.46. The van der Waals surface area contributed by atoms with Crippen molar-refractivity contribution in [3.05, 3.63) is 42.7 Å². The molecular formula is C15H18N2O2. The minimum atomic E-state index is 0.662. The third kappa shape index (κ3) is 3.88. The lowest BCUT2D eigenvalue weighted by atomic mass is 10.3. The van der Waals surface area contributed by atoms with Crippen LogP contribution in [0.2, 0.25) is 0 Å². The van der Waals surface area contributed by atoms with Crippen molar-refractivity contribution in [3.8, 4) is 17.2 Å². The lowest BCUT2D eigenvalue weighted by molar-refractivity contribution is 0.339. The van der Waals surface area contributed by atoms with E-state index >= 15 is 0 Å². The maximum atomic E-state index is 5.74. The highest BCUT2D eigenvalue weighted by Gasteiger charge is 2.00. The second-order valence-electron chi connectivity index (χ2n) is 3.95. The van der Waals surface area contributed by atoms with Crippen molar-refractivity contribution in [2.45, 2.75) is 13.8 Å². The first-order valence-electron chi connectivity index (χ1n) is 6.41. The van der Waals surface area contributed by atoms with Crippen LogP contribution in [0.25, 0.3) is 0 Å². The number of benzene rings is 1. The molecule has 2 aromatic rings. The van der Waals surface area contributed by atoms with E-state index in [2.05, 4.69) is 10.3 Å². The Kier molecular flexibility index (Phi) is 4.61. The van der Waals surface area contributed by atoms with Gasteiger partial charge in [-0.15, -0.1) is 0 Å². The molecule has 1 N–H and O–H groups in total. The SMILES string of the molecule is CCNc1cncc(Oc2ccc(OCC)cc2)c1. The van der Waals surface area contributed by atoms with Gasteiger partial charge < -0.3 is 14.8 Å². The van der Waals surface area contributed by atoms with Gasteiger partial charge in [-0.05, 0) is 38.1 Å². The smallest absolute Gasteiger partial charge is 0.147 e. The highest BCUT2D eigenvalue weighted by atomic mass is 16.5. The number of pyridine rings is 1. The summed E-state index contributed by atoms with van der Waals surface area (Å²) < 4.78 is 11.1. The summed E-state index contributed by atoms with van der Waals surface area (Å²) in [6.07, 6.45) is 3.46. The fourth-order valence-corrected chi connectivity index (χ4v) is 1.68. The van der Waals surface area contributed by atoms with Crippen molar-refractivity contribution in [1.82, 2.24) is 4.98 Å². The molecule has 4 heteroatoms. The van der Waals surface area contributed by atoms with Crippen LogP contribution >= 0.6 is 0 Å². The van der Waals surface area contributed by atoms with E-state index in [1.165, 1.54) is 0 Å². The molecule has 0 spiro atoms. The monoisotopic (exact) mass is 258 g/mol. The Balaban J connectivity index is 2.05. The van der Waals surface area contributed by atoms with Crippen molar-refractivity contribution in [2.75, 3.05) is 18.5 Å². The maximum absolute atomic E-state index is 5.74. The Labute approximate surface area is 113 Å². The Morgan fingerprint density at radius 3 is 2.42 bits per heavy atom. The van der Waals surface area contributed by atoms with Gasteiger partial charge in [0.2, 0.25) is 0 Å². The molecule has 0 aliphatic heterocycles. The average molecular weight is 258 g/mol. The minimum Gasteiger partial charge on any atom is -0.494 e. The van der Waals surface area contributed by atoms with E-state index in [-0.39, 0.29) is 0 Å². The van der Waals surface area contributed by atoms with Crippen molar-refractivity contribution in [3.63, 3.8) is 0 Å². The van der Waals surface area contributed by atoms with Crippen molar-refractivity contribution in [1.29, 1.82) is 0 Å². The molecule has 100 valence electrons. The second-order valence-corrected chi connectivity index (χ2v) is 3.95. The van der Waals surface area contributed by atoms with E-state index in [1.54, 1.807) is 12.4 Å². The zero-order valence-corrected chi connectivity index (χ0v) is 11.2. The third-order valence-electron chi connectivity index (χ3n) is 2.46. The standard InChI is InChI=1S/C15H18N2O2/c1-3-17-12-9-15(11-16-10-12)19-14-7-5-13(6-8-14)18-4-2/h5-11,17H,3-4H2,1-2H3. The molecule has 19 heavy (non-hydrogen) atoms. The largest absolute Gasteiger partial charge is 0.494 e. The van der Waals surface area contributed by atoms with Crippen LogP contribution < -0.4 is 14.8 Å². The Morgan fingerprint density at radius 1 is 1.00 bits per heavy atom. The Morgan fingerprint density at radius 2 is 1.74 bits per heavy atom. The van der Waals surface area contributed by atoms with E-state index < -0.39 is 0 Å². The summed E-state index contributed by atoms with van der Waals surface area (Å²) in [7, 11) is 0. The zero-order chi connectivity index (χ0) is 13.5. The average Bonchev–Trinajstić information content (AvgIpc) is 2.42. The normalized spacial score (nSPS) is 10.0. The molecule has 0 unspecified atom stereocenters. The molecule has 1 heterocycles. The van der Waals surface area contributed by atoms with Gasteiger partial charge in [0, 0.05) is 12.6 Å². The fraction of sp³-hybridized carbons (Fsp3) is 0.267. The molecule has 4 nitrogen and oxygen atoms in total. The van der Waals surface area contributed by atoms with Gasteiger partial charge in [0.15, 0.2) is 0 Å². The van der Waals surface area contributed by atoms with Crippen molar-refractivity contribution in [2.24, 2.45) is 0 Å². The van der Waals surface area contributed by atoms with Gasteiger partial charge in [-0.25, -0.2) is 0 Å². The summed E-state index contributed by atoms with van der Waals surface area (Å²) in [5.41, 5.74) is 0.950. The van der Waals surface area contributed by atoms with E-state index in [4.69, 9.17) is 9.47 Å². The van der Waals surface area contributed by atoms with Gasteiger partial charge in [0.25, 0.3) is 0 Å². The number of hydrogen-bond acceptors (Lipinski definition) is 4. The number of nitrogens with zero attached hydrogens (tertiary/aromatic N) is 1. The molecule has 0 aliphatic rings. The summed E-state index contributed by atoms with van der Waals surface area (Å²) >= 11 is 0. The Bertz CT molecular complexity index is 512. The molecule has 0 fully saturated rings. The van der Waals surface area contributed by atoms with E-state index in [0.717, 1.165) is 23.7 Å². The highest BCUT2D eigenvalue weighted by molar-refractivity contribution is 5.46. The van der Waals surface area contributed by atoms with Crippen molar-refractivity contribution >= 4 is 5.69 Å². The maximum Gasteiger partial charge on any atom is 0.147 e. The van der Waals surface area contributed by atoms with Crippen LogP contribution in [-0.2, 0) is 0 Å². The summed E-state index contributed by atoms with van der Waals surface area (Å²) in [5.74, 6) is 2.32. The molecule has 0 radical (unpaired) electrons. The summed E-state index contributed by atoms with van der Waals surface area (Å²) in [6.45, 7) is 5.52. The molecule has 0 saturated heterocycles. The van der Waals surface area contributed by atoms with Crippen LogP contribution in [0.3, 0.4) is 0 Å². The molecule has 0 saturated carbocycles. The molecule has 0 amide bonds. The molecule has 1 aromatic carbocycles. The number of aromatic nitrogens is 1. The molecular weight excluding hydrogens is 240 g/mol. The van der Waals surface area contributed by atoms with Gasteiger partial charge in [0.1, 0.15) is 17.2 Å². The lowest BCUT2D eigenvalue weighted by Crippen LogP contribution is -1.97. The van der Waals surface area contributed by atoms with Crippen LogP contribution in [0.15, 0.2) is 42.7 Å². The first kappa shape index (κ1) is 13.2. The van der Waals surface area contributed by atoms with Crippen LogP contribution in [-0.4, -0.2) is 18.1 Å². The predicted octanol–water partition coefficient (Wildman–Crippen LogP) is 3.70. The van der Waals surface area contributed by atoms with Crippen LogP contribution in [0, 0.1) is 0 Å². The van der Waals surface area contributed by atoms with Gasteiger partial charge >= 0.3 is 0 Å². The van der Waals surface area contributed by atoms with Crippen molar-refractivity contribution < 1.29 is 9.47 Å². The summed E-state index contributed by atoms with van der Waals surface area (Å²) in [6, 6.07) is 9.46. The topological polar surface area (TPSA) is 43.4 Å². The first-order valence-corrected chi connectivity index (χ1v) is 6.41.